The maximum absolute atomic E-state index is 15.6. The normalized spacial score (nSPS) is 12.1. The molecule has 0 spiro atoms. The van der Waals surface area contributed by atoms with Gasteiger partial charge in [0, 0.05) is 56.0 Å². The van der Waals surface area contributed by atoms with E-state index in [0.717, 1.165) is 36.4 Å². The molecule has 92 heavy (non-hydrogen) atoms. The fourth-order valence-electron chi connectivity index (χ4n) is 9.66. The Hall–Kier alpha value is -5.77. The number of halogens is 6. The van der Waals surface area contributed by atoms with Crippen molar-refractivity contribution in [2.75, 3.05) is 76.5 Å². The van der Waals surface area contributed by atoms with Gasteiger partial charge < -0.3 is 43.7 Å². The van der Waals surface area contributed by atoms with Gasteiger partial charge in [0.15, 0.2) is 17.2 Å². The predicted octanol–water partition coefficient (Wildman–Crippen LogP) is 14.8. The molecule has 0 saturated heterocycles. The molecule has 0 bridgehead atoms. The molecule has 0 radical (unpaired) electrons. The third-order valence-corrected chi connectivity index (χ3v) is 23.3. The van der Waals surface area contributed by atoms with E-state index < -0.39 is 103 Å². The first-order valence-electron chi connectivity index (χ1n) is 28.6. The molecule has 0 aliphatic rings. The number of carbonyl (C=O) groups is 3. The maximum Gasteiger partial charge on any atom is 0.647 e. The molecule has 0 unspecified atom stereocenters. The smallest absolute Gasteiger partial charge is 0.494 e. The fraction of sp³-hybridized carbons (Fsp3) is 0.350. The highest BCUT2D eigenvalue weighted by atomic mass is 35.5. The summed E-state index contributed by atoms with van der Waals surface area (Å²) >= 11 is 40.9. The molecular formula is C60H69Cl6N6O16PS3. The van der Waals surface area contributed by atoms with Gasteiger partial charge in [0.1, 0.15) is 17.2 Å². The third kappa shape index (κ3) is 16.3. The van der Waals surface area contributed by atoms with Crippen molar-refractivity contribution in [2.24, 2.45) is 0 Å². The SMILES string of the molecule is CCc1cc(S(=O)(=O)N(CC)CC)cc(NC(=O)c2cc(Cl)c(OP(=O)(Oc3c(Cl)cc(C(=O)Nc4cc(S(=O)(=O)N(CC)CC)cc(CC)c4OC)cc3Cl)Oc3c(Cl)cc(C(=O)Nc4cc(S(=O)(=O)N(CC)CC)cc(CC)c4OC)cc3Cl)c(Cl)c2)c1OC. The Balaban J connectivity index is 1.44. The van der Waals surface area contributed by atoms with Crippen molar-refractivity contribution in [3.05, 3.63) is 136 Å². The van der Waals surface area contributed by atoms with E-state index in [1.54, 1.807) is 62.3 Å². The van der Waals surface area contributed by atoms with Gasteiger partial charge in [-0.3, -0.25) is 14.4 Å². The first-order chi connectivity index (χ1) is 43.3. The molecule has 6 aromatic carbocycles. The van der Waals surface area contributed by atoms with Gasteiger partial charge in [0.25, 0.3) is 17.7 Å². The summed E-state index contributed by atoms with van der Waals surface area (Å²) in [5, 5.41) is 5.06. The lowest BCUT2D eigenvalue weighted by molar-refractivity contribution is 0.101. The first kappa shape index (κ1) is 75.3. The molecule has 0 heterocycles. The molecule has 0 aromatic heterocycles. The summed E-state index contributed by atoms with van der Waals surface area (Å²) in [6, 6.07) is 14.5. The average Bonchev–Trinajstić information content (AvgIpc) is 0.817. The lowest BCUT2D eigenvalue weighted by Gasteiger charge is -2.23. The van der Waals surface area contributed by atoms with E-state index in [9.17, 15) is 39.6 Å². The first-order valence-corrected chi connectivity index (χ1v) is 36.6. The zero-order valence-electron chi connectivity index (χ0n) is 52.1. The molecule has 500 valence electrons. The number of methoxy groups -OCH3 is 3. The van der Waals surface area contributed by atoms with Crippen molar-refractivity contribution < 1.29 is 72.0 Å². The van der Waals surface area contributed by atoms with Gasteiger partial charge in [-0.1, -0.05) is 132 Å². The van der Waals surface area contributed by atoms with Gasteiger partial charge in [0.05, 0.1) is 83.2 Å². The van der Waals surface area contributed by atoms with Gasteiger partial charge in [-0.05, 0) is 109 Å². The number of ether oxygens (including phenoxy) is 3. The molecule has 6 rings (SSSR count). The monoisotopic (exact) mass is 1470 g/mol. The van der Waals surface area contributed by atoms with Crippen molar-refractivity contribution in [1.82, 2.24) is 12.9 Å². The topological polar surface area (TPSA) is 272 Å². The third-order valence-electron chi connectivity index (χ3n) is 14.3. The molecule has 0 aliphatic heterocycles. The number of amides is 3. The van der Waals surface area contributed by atoms with Crippen LogP contribution in [0.3, 0.4) is 0 Å². The van der Waals surface area contributed by atoms with Crippen LogP contribution in [0.2, 0.25) is 30.1 Å². The number of nitrogens with one attached hydrogen (secondary N) is 3. The van der Waals surface area contributed by atoms with Crippen molar-refractivity contribution in [3.8, 4) is 34.5 Å². The highest BCUT2D eigenvalue weighted by Gasteiger charge is 2.40. The molecular weight excluding hydrogens is 1400 g/mol. The molecule has 0 aliphatic carbocycles. The number of anilines is 3. The van der Waals surface area contributed by atoms with Crippen molar-refractivity contribution in [1.29, 1.82) is 0 Å². The van der Waals surface area contributed by atoms with Crippen LogP contribution in [0, 0.1) is 0 Å². The van der Waals surface area contributed by atoms with Crippen LogP contribution in [-0.2, 0) is 53.9 Å². The maximum atomic E-state index is 15.6. The molecule has 22 nitrogen and oxygen atoms in total. The number of benzene rings is 6. The summed E-state index contributed by atoms with van der Waals surface area (Å²) < 4.78 is 136. The number of carbonyl (C=O) groups excluding carboxylic acids is 3. The number of hydrogen-bond donors (Lipinski definition) is 3. The highest BCUT2D eigenvalue weighted by molar-refractivity contribution is 7.89. The number of aryl methyl sites for hydroxylation is 3. The van der Waals surface area contributed by atoms with E-state index in [0.29, 0.717) is 36.0 Å². The number of hydrogen-bond acceptors (Lipinski definition) is 16. The molecule has 0 atom stereocenters. The second-order valence-corrected chi connectivity index (χ2v) is 29.4. The lowest BCUT2D eigenvalue weighted by Crippen LogP contribution is -2.30. The average molecular weight is 1470 g/mol. The number of rotatable bonds is 30. The van der Waals surface area contributed by atoms with E-state index in [4.69, 9.17) is 97.4 Å². The van der Waals surface area contributed by atoms with E-state index in [1.165, 1.54) is 70.6 Å². The minimum atomic E-state index is -5.53. The number of sulfonamides is 3. The summed E-state index contributed by atoms with van der Waals surface area (Å²) in [5.41, 5.74) is 0.622. The fourth-order valence-corrected chi connectivity index (χ4v) is 17.7. The van der Waals surface area contributed by atoms with Crippen LogP contribution in [-0.4, -0.2) is 116 Å². The van der Waals surface area contributed by atoms with E-state index in [1.807, 2.05) is 0 Å². The molecule has 0 saturated carbocycles. The van der Waals surface area contributed by atoms with Crippen LogP contribution in [0.25, 0.3) is 0 Å². The Morgan fingerprint density at radius 2 is 0.576 bits per heavy atom. The summed E-state index contributed by atoms with van der Waals surface area (Å²) in [4.78, 5) is 42.1. The van der Waals surface area contributed by atoms with Crippen LogP contribution < -0.4 is 43.7 Å². The Kier molecular flexibility index (Phi) is 25.9. The molecule has 0 fully saturated rings. The van der Waals surface area contributed by atoms with Gasteiger partial charge in [-0.15, -0.1) is 0 Å². The minimum absolute atomic E-state index is 0.0160. The van der Waals surface area contributed by atoms with Crippen LogP contribution in [0.5, 0.6) is 34.5 Å². The second-order valence-electron chi connectivity index (χ2n) is 19.7. The van der Waals surface area contributed by atoms with Crippen LogP contribution in [0.15, 0.2) is 87.5 Å². The molecule has 3 amide bonds. The van der Waals surface area contributed by atoms with Gasteiger partial charge >= 0.3 is 7.82 Å². The van der Waals surface area contributed by atoms with Gasteiger partial charge in [-0.2, -0.15) is 17.5 Å². The van der Waals surface area contributed by atoms with E-state index >= 15 is 4.57 Å². The van der Waals surface area contributed by atoms with Crippen LogP contribution >= 0.6 is 77.4 Å². The highest BCUT2D eigenvalue weighted by Crippen LogP contribution is 2.57. The molecule has 6 aromatic rings. The van der Waals surface area contributed by atoms with E-state index in [2.05, 4.69) is 16.0 Å². The summed E-state index contributed by atoms with van der Waals surface area (Å²) in [6.07, 6.45) is 0.926. The summed E-state index contributed by atoms with van der Waals surface area (Å²) in [7, 11) is -13.6. The second kappa shape index (κ2) is 31.6. The summed E-state index contributed by atoms with van der Waals surface area (Å²) in [6.45, 7) is 16.5. The van der Waals surface area contributed by atoms with E-state index in [-0.39, 0.29) is 105 Å². The Labute approximate surface area is 566 Å². The Morgan fingerprint density at radius 3 is 0.750 bits per heavy atom. The predicted molar refractivity (Wildman–Crippen MR) is 360 cm³/mol. The Morgan fingerprint density at radius 1 is 0.370 bits per heavy atom. The van der Waals surface area contributed by atoms with Gasteiger partial charge in [-0.25, -0.2) is 25.3 Å². The van der Waals surface area contributed by atoms with Crippen molar-refractivity contribution in [2.45, 2.75) is 96.3 Å². The lowest BCUT2D eigenvalue weighted by atomic mass is 10.1. The largest absolute Gasteiger partial charge is 0.647 e. The van der Waals surface area contributed by atoms with Gasteiger partial charge in [0.2, 0.25) is 30.1 Å². The molecule has 3 N–H and O–H groups in total. The number of phosphoric ester groups is 1. The molecule has 32 heteroatoms. The standard InChI is InChI=1S/C60H69Cl6N6O16PS3/c1-13-34-22-40(90(77,78)70(16-4)17-5)31-49(52(34)83-10)67-58(73)37-25-43(61)55(44(62)26-37)86-89(76,87-56-45(63)27-38(28-46(56)64)59(74)68-50-32-41(23-35(14-2)53(50)84-11)91(79,80)71(18-6)19-7)88-57-47(65)29-39(30-48(57)66)60(75)69-51-33-42(24-36(15-3)54(51)85-12)92(81,82)72(20-8)21-9/h22-33H,13-21H2,1-12H3,(H,67,73)(H,68,74)(H,69,75). The van der Waals surface area contributed by atoms with Crippen LogP contribution in [0.1, 0.15) is 110 Å². The Bertz CT molecular complexity index is 3720. The quantitative estimate of drug-likeness (QED) is 0.0354. The van der Waals surface area contributed by atoms with Crippen molar-refractivity contribution in [3.63, 3.8) is 0 Å². The summed E-state index contributed by atoms with van der Waals surface area (Å²) in [5.74, 6) is -4.04. The minimum Gasteiger partial charge on any atom is -0.494 e. The van der Waals surface area contributed by atoms with Crippen LogP contribution in [0.4, 0.5) is 17.1 Å². The zero-order chi connectivity index (χ0) is 68.5. The zero-order valence-corrected chi connectivity index (χ0v) is 60.0. The van der Waals surface area contributed by atoms with Crippen molar-refractivity contribution >= 4 is 142 Å². The number of nitrogens with zero attached hydrogens (tertiary/aromatic N) is 3. The number of phosphoric acid groups is 1.